The van der Waals surface area contributed by atoms with Crippen LogP contribution in [0, 0.1) is 0 Å². The number of methoxy groups -OCH3 is 1. The van der Waals surface area contributed by atoms with Gasteiger partial charge in [0.2, 0.25) is 11.8 Å². The van der Waals surface area contributed by atoms with Gasteiger partial charge in [0, 0.05) is 12.5 Å². The molecular formula is C23H30N2O4. The first kappa shape index (κ1) is 21.0. The molecule has 2 amide bonds. The maximum absolute atomic E-state index is 13.4. The summed E-state index contributed by atoms with van der Waals surface area (Å²) in [5, 5.41) is 3.19. The van der Waals surface area contributed by atoms with Crippen LogP contribution in [0.3, 0.4) is 0 Å². The molecule has 1 saturated carbocycles. The quantitative estimate of drug-likeness (QED) is 0.723. The van der Waals surface area contributed by atoms with E-state index >= 15 is 0 Å². The minimum atomic E-state index is -0.722. The highest BCUT2D eigenvalue weighted by atomic mass is 16.5. The van der Waals surface area contributed by atoms with Gasteiger partial charge in [-0.3, -0.25) is 9.59 Å². The van der Waals surface area contributed by atoms with E-state index in [0.29, 0.717) is 17.9 Å². The lowest BCUT2D eigenvalue weighted by atomic mass is 9.94. The Hall–Kier alpha value is -2.76. The first-order chi connectivity index (χ1) is 14.1. The molecule has 0 radical (unpaired) electrons. The van der Waals surface area contributed by atoms with Crippen LogP contribution in [0.15, 0.2) is 47.1 Å². The number of hydrogen-bond donors (Lipinski definition) is 1. The minimum absolute atomic E-state index is 0.0963. The van der Waals surface area contributed by atoms with E-state index in [4.69, 9.17) is 9.15 Å². The molecule has 0 saturated heterocycles. The van der Waals surface area contributed by atoms with Crippen LogP contribution in [0.25, 0.3) is 0 Å². The van der Waals surface area contributed by atoms with E-state index in [-0.39, 0.29) is 24.4 Å². The van der Waals surface area contributed by atoms with Gasteiger partial charge in [0.25, 0.3) is 0 Å². The zero-order chi connectivity index (χ0) is 20.6. The molecule has 1 fully saturated rings. The number of carbonyl (C=O) groups excluding carboxylic acids is 2. The van der Waals surface area contributed by atoms with Crippen molar-refractivity contribution in [2.45, 2.75) is 64.1 Å². The third-order valence-electron chi connectivity index (χ3n) is 5.47. The standard InChI is InChI=1S/C23H30N2O4/c1-3-21(26)25(16-20-10-7-15-29-20)22(17-11-13-19(28-2)14-12-17)23(27)24-18-8-5-4-6-9-18/h7,10-15,18,22H,3-6,8-9,16H2,1-2H3,(H,24,27). The molecule has 1 unspecified atom stereocenters. The van der Waals surface area contributed by atoms with Crippen LogP contribution in [-0.4, -0.2) is 29.9 Å². The van der Waals surface area contributed by atoms with Crippen LogP contribution >= 0.6 is 0 Å². The van der Waals surface area contributed by atoms with Crippen LogP contribution < -0.4 is 10.1 Å². The number of amides is 2. The molecule has 1 aliphatic rings. The summed E-state index contributed by atoms with van der Waals surface area (Å²) in [5.74, 6) is 1.12. The van der Waals surface area contributed by atoms with Crippen molar-refractivity contribution in [1.29, 1.82) is 0 Å². The largest absolute Gasteiger partial charge is 0.497 e. The van der Waals surface area contributed by atoms with Crippen molar-refractivity contribution in [3.8, 4) is 5.75 Å². The Balaban J connectivity index is 1.91. The normalized spacial score (nSPS) is 15.5. The number of furan rings is 1. The molecule has 0 aliphatic heterocycles. The molecule has 6 heteroatoms. The third-order valence-corrected chi connectivity index (χ3v) is 5.47. The van der Waals surface area contributed by atoms with Crippen molar-refractivity contribution < 1.29 is 18.7 Å². The van der Waals surface area contributed by atoms with Gasteiger partial charge in [-0.05, 0) is 42.7 Å². The van der Waals surface area contributed by atoms with E-state index in [2.05, 4.69) is 5.32 Å². The summed E-state index contributed by atoms with van der Waals surface area (Å²) in [5.41, 5.74) is 0.757. The fourth-order valence-electron chi connectivity index (χ4n) is 3.88. The summed E-state index contributed by atoms with van der Waals surface area (Å²) >= 11 is 0. The van der Waals surface area contributed by atoms with E-state index in [1.165, 1.54) is 6.42 Å². The molecule has 3 rings (SSSR count). The number of ether oxygens (including phenoxy) is 1. The summed E-state index contributed by atoms with van der Waals surface area (Å²) in [6.45, 7) is 2.05. The lowest BCUT2D eigenvalue weighted by Crippen LogP contribution is -2.46. The maximum Gasteiger partial charge on any atom is 0.247 e. The Morgan fingerprint density at radius 2 is 1.90 bits per heavy atom. The van der Waals surface area contributed by atoms with Crippen LogP contribution in [-0.2, 0) is 16.1 Å². The number of carbonyl (C=O) groups is 2. The smallest absolute Gasteiger partial charge is 0.247 e. The van der Waals surface area contributed by atoms with Crippen LogP contribution in [0.1, 0.15) is 62.8 Å². The van der Waals surface area contributed by atoms with Gasteiger partial charge in [-0.1, -0.05) is 38.3 Å². The van der Waals surface area contributed by atoms with Crippen molar-refractivity contribution in [3.05, 3.63) is 54.0 Å². The van der Waals surface area contributed by atoms with E-state index in [0.717, 1.165) is 31.2 Å². The highest BCUT2D eigenvalue weighted by Crippen LogP contribution is 2.27. The molecule has 6 nitrogen and oxygen atoms in total. The van der Waals surface area contributed by atoms with Crippen LogP contribution in [0.5, 0.6) is 5.75 Å². The number of nitrogens with one attached hydrogen (secondary N) is 1. The van der Waals surface area contributed by atoms with Gasteiger partial charge in [0.15, 0.2) is 0 Å². The first-order valence-electron chi connectivity index (χ1n) is 10.4. The zero-order valence-corrected chi connectivity index (χ0v) is 17.2. The second-order valence-corrected chi connectivity index (χ2v) is 7.47. The van der Waals surface area contributed by atoms with Crippen molar-refractivity contribution in [3.63, 3.8) is 0 Å². The van der Waals surface area contributed by atoms with Gasteiger partial charge in [0.1, 0.15) is 17.6 Å². The average Bonchev–Trinajstić information content (AvgIpc) is 3.27. The Kier molecular flexibility index (Phi) is 7.33. The molecule has 0 bridgehead atoms. The van der Waals surface area contributed by atoms with Crippen molar-refractivity contribution in [2.75, 3.05) is 7.11 Å². The fraction of sp³-hybridized carbons (Fsp3) is 0.478. The average molecular weight is 399 g/mol. The molecule has 156 valence electrons. The Morgan fingerprint density at radius 3 is 2.48 bits per heavy atom. The summed E-state index contributed by atoms with van der Waals surface area (Å²) in [4.78, 5) is 27.9. The molecule has 1 N–H and O–H groups in total. The van der Waals surface area contributed by atoms with E-state index in [9.17, 15) is 9.59 Å². The van der Waals surface area contributed by atoms with Crippen molar-refractivity contribution in [1.82, 2.24) is 10.2 Å². The molecule has 1 aromatic heterocycles. The SMILES string of the molecule is CCC(=O)N(Cc1ccco1)C(C(=O)NC1CCCCC1)c1ccc(OC)cc1. The third kappa shape index (κ3) is 5.40. The lowest BCUT2D eigenvalue weighted by Gasteiger charge is -2.33. The molecule has 0 spiro atoms. The van der Waals surface area contributed by atoms with Gasteiger partial charge < -0.3 is 19.4 Å². The van der Waals surface area contributed by atoms with E-state index in [1.54, 1.807) is 24.3 Å². The topological polar surface area (TPSA) is 71.8 Å². The molecule has 1 atom stereocenters. The molecule has 1 heterocycles. The van der Waals surface area contributed by atoms with Gasteiger partial charge in [-0.25, -0.2) is 0 Å². The Morgan fingerprint density at radius 1 is 1.17 bits per heavy atom. The number of benzene rings is 1. The summed E-state index contributed by atoms with van der Waals surface area (Å²) in [6, 6.07) is 10.4. The highest BCUT2D eigenvalue weighted by Gasteiger charge is 2.32. The zero-order valence-electron chi connectivity index (χ0n) is 17.2. The number of hydrogen-bond acceptors (Lipinski definition) is 4. The molecule has 2 aromatic rings. The highest BCUT2D eigenvalue weighted by molar-refractivity contribution is 5.88. The van der Waals surface area contributed by atoms with Gasteiger partial charge in [-0.15, -0.1) is 0 Å². The van der Waals surface area contributed by atoms with Gasteiger partial charge >= 0.3 is 0 Å². The summed E-state index contributed by atoms with van der Waals surface area (Å²) < 4.78 is 10.7. The second kappa shape index (κ2) is 10.1. The predicted octanol–water partition coefficient (Wildman–Crippen LogP) is 4.22. The van der Waals surface area contributed by atoms with E-state index in [1.807, 2.05) is 37.3 Å². The number of rotatable bonds is 8. The van der Waals surface area contributed by atoms with Crippen molar-refractivity contribution in [2.24, 2.45) is 0 Å². The molecule has 1 aromatic carbocycles. The monoisotopic (exact) mass is 398 g/mol. The Bertz CT molecular complexity index is 780. The number of nitrogens with zero attached hydrogens (tertiary/aromatic N) is 1. The van der Waals surface area contributed by atoms with Crippen LogP contribution in [0.4, 0.5) is 0 Å². The maximum atomic E-state index is 13.4. The van der Waals surface area contributed by atoms with Gasteiger partial charge in [0.05, 0.1) is 19.9 Å². The van der Waals surface area contributed by atoms with Crippen LogP contribution in [0.2, 0.25) is 0 Å². The second-order valence-electron chi connectivity index (χ2n) is 7.47. The molecular weight excluding hydrogens is 368 g/mol. The van der Waals surface area contributed by atoms with Crippen molar-refractivity contribution >= 4 is 11.8 Å². The summed E-state index contributed by atoms with van der Waals surface area (Å²) in [6.07, 6.45) is 7.33. The van der Waals surface area contributed by atoms with Gasteiger partial charge in [-0.2, -0.15) is 0 Å². The predicted molar refractivity (Wildman–Crippen MR) is 110 cm³/mol. The molecule has 1 aliphatic carbocycles. The Labute approximate surface area is 172 Å². The minimum Gasteiger partial charge on any atom is -0.497 e. The fourth-order valence-corrected chi connectivity index (χ4v) is 3.88. The lowest BCUT2D eigenvalue weighted by molar-refractivity contribution is -0.142. The van der Waals surface area contributed by atoms with E-state index < -0.39 is 6.04 Å². The first-order valence-corrected chi connectivity index (χ1v) is 10.4. The molecule has 29 heavy (non-hydrogen) atoms. The summed E-state index contributed by atoms with van der Waals surface area (Å²) in [7, 11) is 1.60.